The van der Waals surface area contributed by atoms with Gasteiger partial charge in [0.05, 0.1) is 6.54 Å². The number of aromatic nitrogens is 2. The molecular weight excluding hydrogens is 228 g/mol. The molecule has 2 N–H and O–H groups in total. The molecule has 1 atom stereocenters. The van der Waals surface area contributed by atoms with Gasteiger partial charge in [0.1, 0.15) is 0 Å². The van der Waals surface area contributed by atoms with E-state index in [2.05, 4.69) is 39.3 Å². The summed E-state index contributed by atoms with van der Waals surface area (Å²) in [6.45, 7) is 2.35. The van der Waals surface area contributed by atoms with Crippen LogP contribution in [0.3, 0.4) is 0 Å². The smallest absolute Gasteiger partial charge is 0.245 e. The predicted molar refractivity (Wildman–Crippen MR) is 68.2 cm³/mol. The normalized spacial score (nSPS) is 18.1. The van der Waals surface area contributed by atoms with E-state index in [1.807, 2.05) is 0 Å². The van der Waals surface area contributed by atoms with E-state index in [0.29, 0.717) is 24.9 Å². The molecule has 0 spiro atoms. The minimum absolute atomic E-state index is 0.508. The Morgan fingerprint density at radius 2 is 2.28 bits per heavy atom. The van der Waals surface area contributed by atoms with Crippen LogP contribution in [0.2, 0.25) is 0 Å². The molecule has 18 heavy (non-hydrogen) atoms. The Hall–Kier alpha value is -1.88. The van der Waals surface area contributed by atoms with Gasteiger partial charge in [0.25, 0.3) is 0 Å². The number of rotatable bonds is 4. The van der Waals surface area contributed by atoms with E-state index in [0.717, 1.165) is 13.0 Å². The van der Waals surface area contributed by atoms with E-state index in [1.165, 1.54) is 17.6 Å². The number of hydrogen-bond donors (Lipinski definition) is 1. The molecule has 0 aliphatic carbocycles. The van der Waals surface area contributed by atoms with Crippen LogP contribution >= 0.6 is 0 Å². The lowest BCUT2D eigenvalue weighted by Gasteiger charge is -2.17. The fourth-order valence-corrected chi connectivity index (χ4v) is 2.61. The van der Waals surface area contributed by atoms with Gasteiger partial charge in [-0.25, -0.2) is 0 Å². The van der Waals surface area contributed by atoms with Gasteiger partial charge in [-0.3, -0.25) is 0 Å². The Morgan fingerprint density at radius 1 is 1.39 bits per heavy atom. The molecule has 94 valence electrons. The Morgan fingerprint density at radius 3 is 3.06 bits per heavy atom. The summed E-state index contributed by atoms with van der Waals surface area (Å²) in [5.41, 5.74) is 8.32. The van der Waals surface area contributed by atoms with Crippen LogP contribution in [0, 0.1) is 0 Å². The van der Waals surface area contributed by atoms with Crippen molar-refractivity contribution in [3.63, 3.8) is 0 Å². The lowest BCUT2D eigenvalue weighted by Crippen LogP contribution is -2.22. The highest BCUT2D eigenvalue weighted by Crippen LogP contribution is 2.38. The molecule has 0 saturated heterocycles. The zero-order valence-corrected chi connectivity index (χ0v) is 10.1. The van der Waals surface area contributed by atoms with Crippen LogP contribution in [0.1, 0.15) is 23.8 Å². The first-order valence-electron chi connectivity index (χ1n) is 6.18. The van der Waals surface area contributed by atoms with Crippen LogP contribution in [0.15, 0.2) is 35.1 Å². The number of nitrogens with zero attached hydrogens (tertiary/aromatic N) is 3. The highest BCUT2D eigenvalue weighted by molar-refractivity contribution is 5.60. The third kappa shape index (κ3) is 1.97. The number of nitrogens with two attached hydrogens (primary N) is 1. The Labute approximate surface area is 106 Å². The predicted octanol–water partition coefficient (Wildman–Crippen LogP) is 1.52. The minimum atomic E-state index is 0.508. The second-order valence-corrected chi connectivity index (χ2v) is 4.55. The highest BCUT2D eigenvalue weighted by Gasteiger charge is 2.28. The standard InChI is InChI=1S/C13H16N4O/c14-6-5-10-7-17(8-13-15-9-16-18-13)12-4-2-1-3-11(10)12/h1-4,9-10H,5-8,14H2. The molecule has 1 aliphatic heterocycles. The van der Waals surface area contributed by atoms with Crippen LogP contribution in [-0.2, 0) is 6.54 Å². The zero-order chi connectivity index (χ0) is 12.4. The largest absolute Gasteiger partial charge is 0.361 e. The maximum absolute atomic E-state index is 5.69. The third-order valence-corrected chi connectivity index (χ3v) is 3.41. The van der Waals surface area contributed by atoms with Crippen molar-refractivity contribution < 1.29 is 4.52 Å². The monoisotopic (exact) mass is 244 g/mol. The van der Waals surface area contributed by atoms with E-state index in [4.69, 9.17) is 10.3 Å². The summed E-state index contributed by atoms with van der Waals surface area (Å²) in [4.78, 5) is 6.36. The molecule has 1 unspecified atom stereocenters. The number of anilines is 1. The van der Waals surface area contributed by atoms with Crippen molar-refractivity contribution in [1.82, 2.24) is 10.1 Å². The maximum Gasteiger partial charge on any atom is 0.245 e. The molecule has 2 aromatic rings. The summed E-state index contributed by atoms with van der Waals surface area (Å²) in [7, 11) is 0. The van der Waals surface area contributed by atoms with Crippen LogP contribution in [0.5, 0.6) is 0 Å². The van der Waals surface area contributed by atoms with Crippen LogP contribution in [-0.4, -0.2) is 23.2 Å². The first-order valence-corrected chi connectivity index (χ1v) is 6.18. The molecule has 0 radical (unpaired) electrons. The van der Waals surface area contributed by atoms with E-state index in [-0.39, 0.29) is 0 Å². The quantitative estimate of drug-likeness (QED) is 0.883. The van der Waals surface area contributed by atoms with E-state index < -0.39 is 0 Å². The highest BCUT2D eigenvalue weighted by atomic mass is 16.5. The van der Waals surface area contributed by atoms with Crippen LogP contribution in [0.4, 0.5) is 5.69 Å². The first kappa shape index (κ1) is 11.2. The molecule has 1 aromatic carbocycles. The summed E-state index contributed by atoms with van der Waals surface area (Å²) in [6, 6.07) is 8.47. The number of fused-ring (bicyclic) bond motifs is 1. The van der Waals surface area contributed by atoms with Crippen molar-refractivity contribution in [2.24, 2.45) is 5.73 Å². The summed E-state index contributed by atoms with van der Waals surface area (Å²) in [6.07, 6.45) is 2.45. The molecule has 0 fully saturated rings. The Balaban J connectivity index is 1.85. The molecule has 0 amide bonds. The van der Waals surface area contributed by atoms with E-state index in [9.17, 15) is 0 Å². The fourth-order valence-electron chi connectivity index (χ4n) is 2.61. The number of para-hydroxylation sites is 1. The molecule has 1 aromatic heterocycles. The molecule has 0 bridgehead atoms. The molecule has 1 aliphatic rings. The van der Waals surface area contributed by atoms with Gasteiger partial charge in [-0.05, 0) is 24.6 Å². The average molecular weight is 244 g/mol. The second kappa shape index (κ2) is 4.78. The zero-order valence-electron chi connectivity index (χ0n) is 10.1. The molecule has 3 rings (SSSR count). The molecule has 0 saturated carbocycles. The molecule has 5 heteroatoms. The number of hydrogen-bond acceptors (Lipinski definition) is 5. The van der Waals surface area contributed by atoms with Crippen molar-refractivity contribution in [3.8, 4) is 0 Å². The third-order valence-electron chi connectivity index (χ3n) is 3.41. The van der Waals surface area contributed by atoms with Gasteiger partial charge in [0.15, 0.2) is 6.33 Å². The summed E-state index contributed by atoms with van der Waals surface area (Å²) in [5.74, 6) is 1.16. The lowest BCUT2D eigenvalue weighted by atomic mass is 9.98. The van der Waals surface area contributed by atoms with Crippen molar-refractivity contribution in [1.29, 1.82) is 0 Å². The Bertz CT molecular complexity index is 511. The van der Waals surface area contributed by atoms with Gasteiger partial charge < -0.3 is 15.2 Å². The van der Waals surface area contributed by atoms with Crippen molar-refractivity contribution in [3.05, 3.63) is 42.0 Å². The average Bonchev–Trinajstić information content (AvgIpc) is 3.00. The SMILES string of the molecule is NCCC1CN(Cc2ncno2)c2ccccc21. The second-order valence-electron chi connectivity index (χ2n) is 4.55. The van der Waals surface area contributed by atoms with Crippen LogP contribution in [0.25, 0.3) is 0 Å². The van der Waals surface area contributed by atoms with Crippen molar-refractivity contribution >= 4 is 5.69 Å². The van der Waals surface area contributed by atoms with E-state index in [1.54, 1.807) is 0 Å². The van der Waals surface area contributed by atoms with Gasteiger partial charge >= 0.3 is 0 Å². The number of benzene rings is 1. The van der Waals surface area contributed by atoms with Gasteiger partial charge in [-0.1, -0.05) is 23.4 Å². The van der Waals surface area contributed by atoms with Gasteiger partial charge in [-0.2, -0.15) is 4.98 Å². The van der Waals surface area contributed by atoms with Crippen LogP contribution < -0.4 is 10.6 Å². The summed E-state index contributed by atoms with van der Waals surface area (Å²) in [5, 5.41) is 3.64. The minimum Gasteiger partial charge on any atom is -0.361 e. The topological polar surface area (TPSA) is 68.2 Å². The van der Waals surface area contributed by atoms with Gasteiger partial charge in [0, 0.05) is 18.2 Å². The lowest BCUT2D eigenvalue weighted by molar-refractivity contribution is 0.375. The van der Waals surface area contributed by atoms with Crippen molar-refractivity contribution in [2.75, 3.05) is 18.0 Å². The molecular formula is C13H16N4O. The van der Waals surface area contributed by atoms with E-state index >= 15 is 0 Å². The molecule has 5 nitrogen and oxygen atoms in total. The fraction of sp³-hybridized carbons (Fsp3) is 0.385. The summed E-state index contributed by atoms with van der Waals surface area (Å²) < 4.78 is 5.08. The first-order chi connectivity index (χ1) is 8.88. The molecule has 2 heterocycles. The van der Waals surface area contributed by atoms with Gasteiger partial charge in [0.2, 0.25) is 5.89 Å². The van der Waals surface area contributed by atoms with Crippen molar-refractivity contribution in [2.45, 2.75) is 18.9 Å². The van der Waals surface area contributed by atoms with Gasteiger partial charge in [-0.15, -0.1) is 0 Å². The summed E-state index contributed by atoms with van der Waals surface area (Å²) >= 11 is 0. The maximum atomic E-state index is 5.69. The Kier molecular flexibility index (Phi) is 2.98.